The Labute approximate surface area is 85.7 Å². The Morgan fingerprint density at radius 1 is 1.27 bits per heavy atom. The molecule has 1 aliphatic rings. The first-order valence-corrected chi connectivity index (χ1v) is 4.70. The molecule has 1 aromatic heterocycles. The van der Waals surface area contributed by atoms with Crippen molar-refractivity contribution >= 4 is 16.7 Å². The molecule has 0 amide bonds. The van der Waals surface area contributed by atoms with Crippen molar-refractivity contribution in [2.75, 3.05) is 5.73 Å². The first-order valence-electron chi connectivity index (χ1n) is 4.70. The third-order valence-electron chi connectivity index (χ3n) is 2.69. The third-order valence-corrected chi connectivity index (χ3v) is 2.69. The number of rotatable bonds is 0. The number of nitrogens with zero attached hydrogens (tertiary/aromatic N) is 1. The number of benzene rings is 1. The number of halogens is 1. The summed E-state index contributed by atoms with van der Waals surface area (Å²) in [6, 6.07) is 4.55. The Balaban J connectivity index is 2.43. The maximum Gasteiger partial charge on any atom is 0.130 e. The van der Waals surface area contributed by atoms with E-state index in [0.717, 1.165) is 16.5 Å². The van der Waals surface area contributed by atoms with Crippen LogP contribution in [0.15, 0.2) is 18.2 Å². The van der Waals surface area contributed by atoms with E-state index >= 15 is 0 Å². The molecule has 4 heteroatoms. The van der Waals surface area contributed by atoms with Gasteiger partial charge in [-0.2, -0.15) is 0 Å². The zero-order valence-corrected chi connectivity index (χ0v) is 7.96. The summed E-state index contributed by atoms with van der Waals surface area (Å²) in [7, 11) is 0. The first-order chi connectivity index (χ1) is 7.25. The summed E-state index contributed by atoms with van der Waals surface area (Å²) in [6.07, 6.45) is 0. The summed E-state index contributed by atoms with van der Waals surface area (Å²) in [6.45, 7) is 1.03. The molecule has 1 aromatic carbocycles. The average molecular weight is 204 g/mol. The number of fused-ring (bicyclic) bond motifs is 3. The van der Waals surface area contributed by atoms with E-state index in [-0.39, 0.29) is 5.82 Å². The van der Waals surface area contributed by atoms with Crippen LogP contribution in [0.1, 0.15) is 11.1 Å². The number of aromatic nitrogens is 1. The molecule has 0 spiro atoms. The summed E-state index contributed by atoms with van der Waals surface area (Å²) in [5.74, 6) is 0.147. The molecule has 76 valence electrons. The van der Waals surface area contributed by atoms with Crippen LogP contribution in [0, 0.1) is 5.82 Å². The quantitative estimate of drug-likeness (QED) is 0.713. The van der Waals surface area contributed by atoms with Gasteiger partial charge in [-0.15, -0.1) is 0 Å². The number of nitrogen functional groups attached to an aromatic ring is 1. The summed E-state index contributed by atoms with van der Waals surface area (Å²) in [5, 5.41) is 0.929. The number of anilines is 1. The lowest BCUT2D eigenvalue weighted by molar-refractivity contribution is 0.135. The van der Waals surface area contributed by atoms with Crippen molar-refractivity contribution in [2.45, 2.75) is 13.2 Å². The Kier molecular flexibility index (Phi) is 1.67. The van der Waals surface area contributed by atoms with Crippen LogP contribution < -0.4 is 5.73 Å². The van der Waals surface area contributed by atoms with Crippen molar-refractivity contribution in [1.82, 2.24) is 4.98 Å². The molecule has 0 bridgehead atoms. The van der Waals surface area contributed by atoms with Crippen molar-refractivity contribution in [1.29, 1.82) is 0 Å². The lowest BCUT2D eigenvalue weighted by atomic mass is 10.1. The fourth-order valence-electron chi connectivity index (χ4n) is 1.95. The van der Waals surface area contributed by atoms with E-state index in [4.69, 9.17) is 10.5 Å². The molecule has 2 aromatic rings. The Morgan fingerprint density at radius 2 is 2.07 bits per heavy atom. The highest BCUT2D eigenvalue weighted by Gasteiger charge is 2.18. The second-order valence-electron chi connectivity index (χ2n) is 3.61. The Bertz CT molecular complexity index is 554. The zero-order chi connectivity index (χ0) is 10.4. The smallest absolute Gasteiger partial charge is 0.130 e. The number of pyridine rings is 1. The Hall–Kier alpha value is -1.68. The van der Waals surface area contributed by atoms with Crippen LogP contribution in [0.4, 0.5) is 10.2 Å². The van der Waals surface area contributed by atoms with Crippen LogP contribution in [0.2, 0.25) is 0 Å². The molecular weight excluding hydrogens is 195 g/mol. The fraction of sp³-hybridized carbons (Fsp3) is 0.182. The first kappa shape index (κ1) is 8.61. The molecular formula is C11H9FN2O. The SMILES string of the molecule is Nc1nc2cc(F)ccc2c2c1COC2. The van der Waals surface area contributed by atoms with E-state index in [1.807, 2.05) is 0 Å². The molecule has 2 N–H and O–H groups in total. The molecule has 0 radical (unpaired) electrons. The van der Waals surface area contributed by atoms with Gasteiger partial charge < -0.3 is 10.5 Å². The minimum atomic E-state index is -0.298. The molecule has 0 unspecified atom stereocenters. The molecule has 3 nitrogen and oxygen atoms in total. The van der Waals surface area contributed by atoms with Crippen LogP contribution in [-0.2, 0) is 18.0 Å². The zero-order valence-electron chi connectivity index (χ0n) is 7.96. The van der Waals surface area contributed by atoms with Gasteiger partial charge in [0.25, 0.3) is 0 Å². The predicted molar refractivity (Wildman–Crippen MR) is 54.6 cm³/mol. The van der Waals surface area contributed by atoms with Gasteiger partial charge in [0.2, 0.25) is 0 Å². The van der Waals surface area contributed by atoms with Gasteiger partial charge >= 0.3 is 0 Å². The maximum absolute atomic E-state index is 13.0. The monoisotopic (exact) mass is 204 g/mol. The van der Waals surface area contributed by atoms with E-state index in [1.165, 1.54) is 12.1 Å². The lowest BCUT2D eigenvalue weighted by Gasteiger charge is -2.05. The summed E-state index contributed by atoms with van der Waals surface area (Å²) >= 11 is 0. The lowest BCUT2D eigenvalue weighted by Crippen LogP contribution is -1.99. The van der Waals surface area contributed by atoms with Crippen LogP contribution in [-0.4, -0.2) is 4.98 Å². The van der Waals surface area contributed by atoms with Gasteiger partial charge in [-0.1, -0.05) is 0 Å². The van der Waals surface area contributed by atoms with Crippen LogP contribution in [0.3, 0.4) is 0 Å². The molecule has 3 rings (SSSR count). The summed E-state index contributed by atoms with van der Waals surface area (Å²) in [5.41, 5.74) is 8.35. The molecule has 0 saturated heterocycles. The second kappa shape index (κ2) is 2.90. The van der Waals surface area contributed by atoms with Crippen LogP contribution >= 0.6 is 0 Å². The molecule has 0 saturated carbocycles. The van der Waals surface area contributed by atoms with Gasteiger partial charge in [0.1, 0.15) is 11.6 Å². The highest BCUT2D eigenvalue weighted by Crippen LogP contribution is 2.31. The molecule has 0 atom stereocenters. The maximum atomic E-state index is 13.0. The van der Waals surface area contributed by atoms with Crippen molar-refractivity contribution < 1.29 is 9.13 Å². The normalized spacial score (nSPS) is 14.5. The largest absolute Gasteiger partial charge is 0.383 e. The van der Waals surface area contributed by atoms with E-state index in [2.05, 4.69) is 4.98 Å². The third kappa shape index (κ3) is 1.18. The van der Waals surface area contributed by atoms with Crippen molar-refractivity contribution in [3.05, 3.63) is 35.1 Å². The van der Waals surface area contributed by atoms with Gasteiger partial charge in [-0.05, 0) is 17.7 Å². The molecule has 0 fully saturated rings. The molecule has 2 heterocycles. The fourth-order valence-corrected chi connectivity index (χ4v) is 1.95. The highest BCUT2D eigenvalue weighted by atomic mass is 19.1. The van der Waals surface area contributed by atoms with Gasteiger partial charge in [0.05, 0.1) is 18.7 Å². The number of hydrogen-bond donors (Lipinski definition) is 1. The number of hydrogen-bond acceptors (Lipinski definition) is 3. The van der Waals surface area contributed by atoms with E-state index in [0.29, 0.717) is 24.5 Å². The van der Waals surface area contributed by atoms with Gasteiger partial charge in [-0.25, -0.2) is 9.37 Å². The van der Waals surface area contributed by atoms with Gasteiger partial charge in [0, 0.05) is 17.0 Å². The second-order valence-corrected chi connectivity index (χ2v) is 3.61. The van der Waals surface area contributed by atoms with Crippen molar-refractivity contribution in [3.63, 3.8) is 0 Å². The highest BCUT2D eigenvalue weighted by molar-refractivity contribution is 5.85. The summed E-state index contributed by atoms with van der Waals surface area (Å²) in [4.78, 5) is 4.17. The predicted octanol–water partition coefficient (Wildman–Crippen LogP) is 1.99. The van der Waals surface area contributed by atoms with E-state index in [9.17, 15) is 4.39 Å². The molecule has 1 aliphatic heterocycles. The number of ether oxygens (including phenoxy) is 1. The van der Waals surface area contributed by atoms with Crippen LogP contribution in [0.5, 0.6) is 0 Å². The Morgan fingerprint density at radius 3 is 2.93 bits per heavy atom. The van der Waals surface area contributed by atoms with Gasteiger partial charge in [0.15, 0.2) is 0 Å². The minimum absolute atomic E-state index is 0.298. The van der Waals surface area contributed by atoms with Crippen molar-refractivity contribution in [3.8, 4) is 0 Å². The summed E-state index contributed by atoms with van der Waals surface area (Å²) < 4.78 is 18.3. The van der Waals surface area contributed by atoms with E-state index in [1.54, 1.807) is 6.07 Å². The molecule has 0 aliphatic carbocycles. The number of nitrogens with two attached hydrogens (primary N) is 1. The topological polar surface area (TPSA) is 48.1 Å². The van der Waals surface area contributed by atoms with Crippen LogP contribution in [0.25, 0.3) is 10.9 Å². The molecule has 15 heavy (non-hydrogen) atoms. The minimum Gasteiger partial charge on any atom is -0.383 e. The van der Waals surface area contributed by atoms with Gasteiger partial charge in [-0.3, -0.25) is 0 Å². The standard InChI is InChI=1S/C11H9FN2O/c12-6-1-2-7-8-4-15-5-9(8)11(13)14-10(7)3-6/h1-3H,4-5H2,(H2,13,14). The van der Waals surface area contributed by atoms with E-state index < -0.39 is 0 Å². The van der Waals surface area contributed by atoms with Crippen molar-refractivity contribution in [2.24, 2.45) is 0 Å². The average Bonchev–Trinajstić information content (AvgIpc) is 2.66.